The summed E-state index contributed by atoms with van der Waals surface area (Å²) in [5.41, 5.74) is 7.04. The number of aryl methyl sites for hydroxylation is 1. The molecule has 0 aliphatic heterocycles. The van der Waals surface area contributed by atoms with E-state index in [9.17, 15) is 4.79 Å². The highest BCUT2D eigenvalue weighted by molar-refractivity contribution is 5.23. The number of pyridine rings is 1. The maximum atomic E-state index is 11.6. The van der Waals surface area contributed by atoms with Crippen molar-refractivity contribution >= 4 is 5.82 Å². The van der Waals surface area contributed by atoms with E-state index in [-0.39, 0.29) is 5.56 Å². The number of hydrogen-bond donors (Lipinski definition) is 1. The van der Waals surface area contributed by atoms with Crippen molar-refractivity contribution in [2.45, 2.75) is 13.5 Å². The molecule has 0 atom stereocenters. The molecule has 0 unspecified atom stereocenters. The van der Waals surface area contributed by atoms with Crippen LogP contribution in [0.1, 0.15) is 11.3 Å². The highest BCUT2D eigenvalue weighted by Crippen LogP contribution is 1.99. The summed E-state index contributed by atoms with van der Waals surface area (Å²) < 4.78 is 1.58. The molecule has 0 saturated carbocycles. The second-order valence-electron chi connectivity index (χ2n) is 3.60. The predicted octanol–water partition coefficient (Wildman–Crippen LogP) is 0.577. The highest BCUT2D eigenvalue weighted by atomic mass is 16.1. The zero-order valence-corrected chi connectivity index (χ0v) is 8.92. The maximum Gasteiger partial charge on any atom is 0.251 e. The molecule has 0 aromatic carbocycles. The maximum absolute atomic E-state index is 11.6. The average Bonchev–Trinajstić information content (AvgIpc) is 2.25. The van der Waals surface area contributed by atoms with Crippen LogP contribution in [0.15, 0.2) is 35.5 Å². The third-order valence-corrected chi connectivity index (χ3v) is 2.21. The molecular formula is C11H12N4O. The van der Waals surface area contributed by atoms with E-state index < -0.39 is 0 Å². The predicted molar refractivity (Wildman–Crippen MR) is 61.0 cm³/mol. The van der Waals surface area contributed by atoms with Crippen LogP contribution in [-0.4, -0.2) is 14.5 Å². The summed E-state index contributed by atoms with van der Waals surface area (Å²) >= 11 is 0. The first-order chi connectivity index (χ1) is 7.65. The van der Waals surface area contributed by atoms with Crippen LogP contribution in [0.5, 0.6) is 0 Å². The van der Waals surface area contributed by atoms with E-state index >= 15 is 0 Å². The van der Waals surface area contributed by atoms with E-state index in [1.54, 1.807) is 23.0 Å². The number of nitrogens with zero attached hydrogens (tertiary/aromatic N) is 3. The first-order valence-electron chi connectivity index (χ1n) is 4.88. The Morgan fingerprint density at radius 2 is 2.19 bits per heavy atom. The van der Waals surface area contributed by atoms with Crippen LogP contribution >= 0.6 is 0 Å². The summed E-state index contributed by atoms with van der Waals surface area (Å²) in [7, 11) is 0. The summed E-state index contributed by atoms with van der Waals surface area (Å²) in [6, 6.07) is 3.47. The molecule has 2 aromatic heterocycles. The standard InChI is InChI=1S/C11H12N4O/c1-8-2-3-15(11(16)4-8)7-9-5-14-10(12)6-13-9/h2-6H,7H2,1H3,(H2,12,14). The molecule has 2 rings (SSSR count). The lowest BCUT2D eigenvalue weighted by Crippen LogP contribution is -2.19. The van der Waals surface area contributed by atoms with Crippen molar-refractivity contribution < 1.29 is 0 Å². The lowest BCUT2D eigenvalue weighted by Gasteiger charge is -2.04. The molecule has 5 nitrogen and oxygen atoms in total. The second kappa shape index (κ2) is 4.14. The van der Waals surface area contributed by atoms with Gasteiger partial charge < -0.3 is 10.3 Å². The van der Waals surface area contributed by atoms with E-state index in [4.69, 9.17) is 5.73 Å². The molecular weight excluding hydrogens is 204 g/mol. The van der Waals surface area contributed by atoms with Crippen molar-refractivity contribution in [3.8, 4) is 0 Å². The van der Waals surface area contributed by atoms with Crippen LogP contribution in [0, 0.1) is 6.92 Å². The van der Waals surface area contributed by atoms with Gasteiger partial charge in [-0.3, -0.25) is 9.78 Å². The number of aromatic nitrogens is 3. The SMILES string of the molecule is Cc1ccn(Cc2cnc(N)cn2)c(=O)c1. The Hall–Kier alpha value is -2.17. The Bertz CT molecular complexity index is 545. The molecule has 0 fully saturated rings. The summed E-state index contributed by atoms with van der Waals surface area (Å²) in [6.07, 6.45) is 4.80. The Balaban J connectivity index is 2.27. The molecule has 0 aliphatic rings. The monoisotopic (exact) mass is 216 g/mol. The van der Waals surface area contributed by atoms with Gasteiger partial charge in [-0.2, -0.15) is 0 Å². The number of anilines is 1. The van der Waals surface area contributed by atoms with E-state index in [0.29, 0.717) is 18.1 Å². The number of nitrogen functional groups attached to an aromatic ring is 1. The third-order valence-electron chi connectivity index (χ3n) is 2.21. The summed E-state index contributed by atoms with van der Waals surface area (Å²) in [5, 5.41) is 0. The molecule has 0 saturated heterocycles. The number of hydrogen-bond acceptors (Lipinski definition) is 4. The first kappa shape index (κ1) is 10.4. The molecule has 5 heteroatoms. The Morgan fingerprint density at radius 1 is 1.38 bits per heavy atom. The molecule has 2 N–H and O–H groups in total. The van der Waals surface area contributed by atoms with Gasteiger partial charge in [0.05, 0.1) is 24.6 Å². The Kier molecular flexibility index (Phi) is 2.68. The van der Waals surface area contributed by atoms with Crippen molar-refractivity contribution in [1.29, 1.82) is 0 Å². The van der Waals surface area contributed by atoms with Gasteiger partial charge in [-0.15, -0.1) is 0 Å². The average molecular weight is 216 g/mol. The van der Waals surface area contributed by atoms with Gasteiger partial charge in [0, 0.05) is 12.3 Å². The van der Waals surface area contributed by atoms with E-state index in [1.807, 2.05) is 13.0 Å². The van der Waals surface area contributed by atoms with Gasteiger partial charge in [-0.25, -0.2) is 4.98 Å². The lowest BCUT2D eigenvalue weighted by molar-refractivity contribution is 0.733. The van der Waals surface area contributed by atoms with Crippen molar-refractivity contribution in [2.75, 3.05) is 5.73 Å². The summed E-state index contributed by atoms with van der Waals surface area (Å²) in [6.45, 7) is 2.29. The van der Waals surface area contributed by atoms with Crippen LogP contribution in [0.2, 0.25) is 0 Å². The van der Waals surface area contributed by atoms with Crippen LogP contribution in [0.25, 0.3) is 0 Å². The normalized spacial score (nSPS) is 10.3. The number of nitrogens with two attached hydrogens (primary N) is 1. The van der Waals surface area contributed by atoms with Crippen molar-refractivity contribution in [2.24, 2.45) is 0 Å². The Labute approximate surface area is 92.6 Å². The van der Waals surface area contributed by atoms with Gasteiger partial charge in [0.25, 0.3) is 5.56 Å². The van der Waals surface area contributed by atoms with Crippen LogP contribution in [0.3, 0.4) is 0 Å². The molecule has 82 valence electrons. The fourth-order valence-electron chi connectivity index (χ4n) is 1.36. The molecule has 16 heavy (non-hydrogen) atoms. The highest BCUT2D eigenvalue weighted by Gasteiger charge is 1.99. The largest absolute Gasteiger partial charge is 0.382 e. The van der Waals surface area contributed by atoms with Crippen LogP contribution in [0.4, 0.5) is 5.82 Å². The van der Waals surface area contributed by atoms with Gasteiger partial charge in [0.1, 0.15) is 5.82 Å². The zero-order chi connectivity index (χ0) is 11.5. The van der Waals surface area contributed by atoms with E-state index in [0.717, 1.165) is 5.56 Å². The molecule has 0 aliphatic carbocycles. The van der Waals surface area contributed by atoms with Gasteiger partial charge in [0.15, 0.2) is 0 Å². The minimum atomic E-state index is -0.0429. The fraction of sp³-hybridized carbons (Fsp3) is 0.182. The zero-order valence-electron chi connectivity index (χ0n) is 8.92. The minimum Gasteiger partial charge on any atom is -0.382 e. The van der Waals surface area contributed by atoms with Gasteiger partial charge in [0.2, 0.25) is 0 Å². The second-order valence-corrected chi connectivity index (χ2v) is 3.60. The van der Waals surface area contributed by atoms with Crippen molar-refractivity contribution in [3.05, 3.63) is 52.3 Å². The van der Waals surface area contributed by atoms with Crippen LogP contribution in [-0.2, 0) is 6.54 Å². The fourth-order valence-corrected chi connectivity index (χ4v) is 1.36. The third kappa shape index (κ3) is 2.25. The van der Waals surface area contributed by atoms with Gasteiger partial charge in [-0.1, -0.05) is 0 Å². The number of rotatable bonds is 2. The lowest BCUT2D eigenvalue weighted by atomic mass is 10.3. The molecule has 0 amide bonds. The summed E-state index contributed by atoms with van der Waals surface area (Å²) in [4.78, 5) is 19.6. The molecule has 0 spiro atoms. The van der Waals surface area contributed by atoms with Crippen molar-refractivity contribution in [3.63, 3.8) is 0 Å². The molecule has 2 heterocycles. The molecule has 0 radical (unpaired) electrons. The van der Waals surface area contributed by atoms with Gasteiger partial charge >= 0.3 is 0 Å². The topological polar surface area (TPSA) is 73.8 Å². The smallest absolute Gasteiger partial charge is 0.251 e. The quantitative estimate of drug-likeness (QED) is 0.796. The molecule has 2 aromatic rings. The first-order valence-corrected chi connectivity index (χ1v) is 4.88. The molecule has 0 bridgehead atoms. The van der Waals surface area contributed by atoms with Crippen molar-refractivity contribution in [1.82, 2.24) is 14.5 Å². The van der Waals surface area contributed by atoms with Crippen LogP contribution < -0.4 is 11.3 Å². The van der Waals surface area contributed by atoms with E-state index in [2.05, 4.69) is 9.97 Å². The minimum absolute atomic E-state index is 0.0429. The summed E-state index contributed by atoms with van der Waals surface area (Å²) in [5.74, 6) is 0.375. The van der Waals surface area contributed by atoms with E-state index in [1.165, 1.54) is 6.20 Å². The Morgan fingerprint density at radius 3 is 2.81 bits per heavy atom. The van der Waals surface area contributed by atoms with Gasteiger partial charge in [-0.05, 0) is 18.6 Å².